The number of ether oxygens (including phenoxy) is 1. The maximum atomic E-state index is 5.69. The van der Waals surface area contributed by atoms with E-state index in [4.69, 9.17) is 4.74 Å². The maximum Gasteiger partial charge on any atom is 0.191 e. The topological polar surface area (TPSA) is 63.5 Å². The first-order valence-corrected chi connectivity index (χ1v) is 9.09. The quantitative estimate of drug-likeness (QED) is 0.261. The van der Waals surface area contributed by atoms with Crippen molar-refractivity contribution in [3.8, 4) is 0 Å². The van der Waals surface area contributed by atoms with Crippen LogP contribution < -0.4 is 10.6 Å². The largest absolute Gasteiger partial charge is 0.375 e. The Hall–Kier alpha value is -1.61. The molecule has 1 heterocycles. The molecule has 27 heavy (non-hydrogen) atoms. The molecule has 0 spiro atoms. The van der Waals surface area contributed by atoms with Gasteiger partial charge in [0, 0.05) is 32.4 Å². The van der Waals surface area contributed by atoms with Gasteiger partial charge in [-0.25, -0.2) is 0 Å². The van der Waals surface area contributed by atoms with Gasteiger partial charge in [-0.15, -0.1) is 24.0 Å². The maximum absolute atomic E-state index is 5.69. The third kappa shape index (κ3) is 7.50. The van der Waals surface area contributed by atoms with Crippen molar-refractivity contribution in [2.45, 2.75) is 39.8 Å². The first kappa shape index (κ1) is 23.4. The molecule has 0 aliphatic carbocycles. The van der Waals surface area contributed by atoms with Gasteiger partial charge in [0.2, 0.25) is 0 Å². The first-order valence-electron chi connectivity index (χ1n) is 9.09. The average molecular weight is 485 g/mol. The molecule has 1 aromatic carbocycles. The van der Waals surface area contributed by atoms with Gasteiger partial charge >= 0.3 is 0 Å². The number of aliphatic imine (C=N–C) groups is 1. The molecule has 2 N–H and O–H groups in total. The van der Waals surface area contributed by atoms with E-state index < -0.39 is 0 Å². The summed E-state index contributed by atoms with van der Waals surface area (Å²) in [5.74, 6) is 0.792. The second-order valence-corrected chi connectivity index (χ2v) is 6.56. The fraction of sp³-hybridized carbons (Fsp3) is 0.500. The predicted molar refractivity (Wildman–Crippen MR) is 122 cm³/mol. The summed E-state index contributed by atoms with van der Waals surface area (Å²) < 4.78 is 7.63. The number of aromatic nitrogens is 2. The summed E-state index contributed by atoms with van der Waals surface area (Å²) in [4.78, 5) is 4.29. The molecule has 0 amide bonds. The van der Waals surface area contributed by atoms with Gasteiger partial charge in [-0.3, -0.25) is 9.67 Å². The summed E-state index contributed by atoms with van der Waals surface area (Å²) in [6, 6.07) is 10.4. The Bertz CT molecular complexity index is 715. The minimum atomic E-state index is 0. The highest BCUT2D eigenvalue weighted by atomic mass is 127. The Kier molecular flexibility index (Phi) is 10.4. The van der Waals surface area contributed by atoms with Gasteiger partial charge in [-0.2, -0.15) is 5.10 Å². The molecule has 2 aromatic rings. The van der Waals surface area contributed by atoms with Gasteiger partial charge in [-0.1, -0.05) is 30.3 Å². The third-order valence-corrected chi connectivity index (χ3v) is 4.43. The molecule has 6 nitrogen and oxygen atoms in total. The smallest absolute Gasteiger partial charge is 0.191 e. The molecular weight excluding hydrogens is 453 g/mol. The number of hydrogen-bond donors (Lipinski definition) is 2. The zero-order valence-corrected chi connectivity index (χ0v) is 19.3. The van der Waals surface area contributed by atoms with E-state index in [1.807, 2.05) is 29.9 Å². The van der Waals surface area contributed by atoms with E-state index in [1.165, 1.54) is 16.8 Å². The highest BCUT2D eigenvalue weighted by Gasteiger charge is 2.13. The summed E-state index contributed by atoms with van der Waals surface area (Å²) >= 11 is 0. The molecule has 1 aromatic heterocycles. The van der Waals surface area contributed by atoms with Gasteiger partial charge in [0.05, 0.1) is 18.9 Å². The molecule has 2 rings (SSSR count). The van der Waals surface area contributed by atoms with Crippen molar-refractivity contribution in [1.29, 1.82) is 0 Å². The normalized spacial score (nSPS) is 12.4. The molecule has 7 heteroatoms. The number of aryl methyl sites for hydroxylation is 2. The SMILES string of the molecule is CN=C(NCCOCc1ccccc1)NC(C)Cc1c(C)nn(C)c1C.I. The van der Waals surface area contributed by atoms with Crippen LogP contribution in [-0.4, -0.2) is 42.0 Å². The van der Waals surface area contributed by atoms with Crippen molar-refractivity contribution in [1.82, 2.24) is 20.4 Å². The lowest BCUT2D eigenvalue weighted by Crippen LogP contribution is -2.44. The van der Waals surface area contributed by atoms with Gasteiger partial charge < -0.3 is 15.4 Å². The summed E-state index contributed by atoms with van der Waals surface area (Å²) in [6.07, 6.45) is 0.913. The molecule has 0 saturated heterocycles. The Balaban J connectivity index is 0.00000364. The number of nitrogens with zero attached hydrogens (tertiary/aromatic N) is 3. The number of halogens is 1. The molecule has 0 aliphatic heterocycles. The summed E-state index contributed by atoms with van der Waals surface area (Å²) in [6.45, 7) is 8.30. The van der Waals surface area contributed by atoms with E-state index in [1.54, 1.807) is 7.05 Å². The number of nitrogens with one attached hydrogen (secondary N) is 2. The number of guanidine groups is 1. The van der Waals surface area contributed by atoms with Crippen LogP contribution >= 0.6 is 24.0 Å². The van der Waals surface area contributed by atoms with Crippen LogP contribution in [0.1, 0.15) is 29.4 Å². The minimum absolute atomic E-state index is 0. The van der Waals surface area contributed by atoms with Crippen molar-refractivity contribution >= 4 is 29.9 Å². The van der Waals surface area contributed by atoms with Crippen molar-refractivity contribution < 1.29 is 4.74 Å². The third-order valence-electron chi connectivity index (χ3n) is 4.43. The molecule has 0 aliphatic rings. The summed E-state index contributed by atoms with van der Waals surface area (Å²) in [7, 11) is 3.77. The fourth-order valence-electron chi connectivity index (χ4n) is 2.90. The van der Waals surface area contributed by atoms with Gasteiger partial charge in [0.1, 0.15) is 0 Å². The van der Waals surface area contributed by atoms with Crippen molar-refractivity contribution in [2.24, 2.45) is 12.0 Å². The predicted octanol–water partition coefficient (Wildman–Crippen LogP) is 2.97. The second-order valence-electron chi connectivity index (χ2n) is 6.56. The first-order chi connectivity index (χ1) is 12.5. The Morgan fingerprint density at radius 2 is 1.96 bits per heavy atom. The highest BCUT2D eigenvalue weighted by molar-refractivity contribution is 14.0. The lowest BCUT2D eigenvalue weighted by Gasteiger charge is -2.18. The minimum Gasteiger partial charge on any atom is -0.375 e. The van der Waals surface area contributed by atoms with Crippen LogP contribution in [0.25, 0.3) is 0 Å². The number of hydrogen-bond acceptors (Lipinski definition) is 3. The van der Waals surface area contributed by atoms with E-state index in [9.17, 15) is 0 Å². The van der Waals surface area contributed by atoms with Crippen molar-refractivity contribution in [2.75, 3.05) is 20.2 Å². The summed E-state index contributed by atoms with van der Waals surface area (Å²) in [5, 5.41) is 11.2. The highest BCUT2D eigenvalue weighted by Crippen LogP contribution is 2.14. The second kappa shape index (κ2) is 12.0. The van der Waals surface area contributed by atoms with Crippen molar-refractivity contribution in [3.63, 3.8) is 0 Å². The molecule has 0 saturated carbocycles. The van der Waals surface area contributed by atoms with E-state index in [-0.39, 0.29) is 30.0 Å². The van der Waals surface area contributed by atoms with Crippen molar-refractivity contribution in [3.05, 3.63) is 52.8 Å². The van der Waals surface area contributed by atoms with Crippen LogP contribution in [0, 0.1) is 13.8 Å². The van der Waals surface area contributed by atoms with Crippen LogP contribution in [0.5, 0.6) is 0 Å². The molecule has 1 atom stereocenters. The fourth-order valence-corrected chi connectivity index (χ4v) is 2.90. The lowest BCUT2D eigenvalue weighted by atomic mass is 10.1. The number of rotatable bonds is 8. The molecule has 0 bridgehead atoms. The van der Waals surface area contributed by atoms with Gasteiger partial charge in [-0.05, 0) is 38.3 Å². The standard InChI is InChI=1S/C20H31N5O.HI/c1-15(13-19-16(2)24-25(5)17(19)3)23-20(21-4)22-11-12-26-14-18-9-7-6-8-10-18;/h6-10,15H,11-14H2,1-5H3,(H2,21,22,23);1H. The lowest BCUT2D eigenvalue weighted by molar-refractivity contribution is 0.125. The Morgan fingerprint density at radius 1 is 1.26 bits per heavy atom. The van der Waals surface area contributed by atoms with Crippen LogP contribution in [0.2, 0.25) is 0 Å². The molecule has 0 radical (unpaired) electrons. The van der Waals surface area contributed by atoms with Crippen LogP contribution in [-0.2, 0) is 24.8 Å². The van der Waals surface area contributed by atoms with E-state index in [2.05, 4.69) is 53.6 Å². The van der Waals surface area contributed by atoms with E-state index in [0.717, 1.165) is 18.1 Å². The van der Waals surface area contributed by atoms with Crippen LogP contribution in [0.15, 0.2) is 35.3 Å². The van der Waals surface area contributed by atoms with Crippen LogP contribution in [0.3, 0.4) is 0 Å². The number of benzene rings is 1. The molecule has 0 fully saturated rings. The van der Waals surface area contributed by atoms with Gasteiger partial charge in [0.25, 0.3) is 0 Å². The molecule has 1 unspecified atom stereocenters. The Labute approximate surface area is 179 Å². The summed E-state index contributed by atoms with van der Waals surface area (Å²) in [5.41, 5.74) is 4.80. The monoisotopic (exact) mass is 485 g/mol. The zero-order valence-electron chi connectivity index (χ0n) is 17.0. The van der Waals surface area contributed by atoms with E-state index >= 15 is 0 Å². The Morgan fingerprint density at radius 3 is 2.56 bits per heavy atom. The van der Waals surface area contributed by atoms with Gasteiger partial charge in [0.15, 0.2) is 5.96 Å². The molecule has 150 valence electrons. The van der Waals surface area contributed by atoms with Crippen LogP contribution in [0.4, 0.5) is 0 Å². The zero-order chi connectivity index (χ0) is 18.9. The molecular formula is C20H32IN5O. The average Bonchev–Trinajstić information content (AvgIpc) is 2.87. The van der Waals surface area contributed by atoms with E-state index in [0.29, 0.717) is 19.8 Å².